The van der Waals surface area contributed by atoms with E-state index in [1.807, 2.05) is 12.2 Å². The maximum Gasteiger partial charge on any atom is 0.472 e. The van der Waals surface area contributed by atoms with E-state index in [-0.39, 0.29) is 12.8 Å². The van der Waals surface area contributed by atoms with E-state index in [0.29, 0.717) is 19.3 Å². The summed E-state index contributed by atoms with van der Waals surface area (Å²) in [7, 11) is -9.68. The van der Waals surface area contributed by atoms with Crippen molar-refractivity contribution in [2.24, 2.45) is 0 Å². The third kappa shape index (κ3) is 42.0. The van der Waals surface area contributed by atoms with Gasteiger partial charge in [-0.05, 0) is 51.4 Å². The molecule has 0 bridgehead atoms. The van der Waals surface area contributed by atoms with Crippen LogP contribution in [0, 0.1) is 0 Å². The van der Waals surface area contributed by atoms with Crippen LogP contribution in [0.3, 0.4) is 0 Å². The van der Waals surface area contributed by atoms with Gasteiger partial charge < -0.3 is 29.3 Å². The summed E-state index contributed by atoms with van der Waals surface area (Å²) in [5.41, 5.74) is 0. The molecule has 0 radical (unpaired) electrons. The third-order valence-electron chi connectivity index (χ3n) is 8.71. The molecule has 0 amide bonds. The summed E-state index contributed by atoms with van der Waals surface area (Å²) in [6, 6.07) is 0. The molecule has 0 aromatic rings. The van der Waals surface area contributed by atoms with Gasteiger partial charge in [0.25, 0.3) is 0 Å². The van der Waals surface area contributed by atoms with Gasteiger partial charge in [0.05, 0.1) is 19.8 Å². The number of allylic oxidation sites excluding steroid dienone is 8. The second kappa shape index (κ2) is 38.3. The molecule has 0 spiro atoms. The van der Waals surface area contributed by atoms with Crippen molar-refractivity contribution in [1.29, 1.82) is 0 Å². The second-order valence-electron chi connectivity index (χ2n) is 14.3. The highest BCUT2D eigenvalue weighted by atomic mass is 31.2. The zero-order chi connectivity index (χ0) is 42.3. The van der Waals surface area contributed by atoms with Crippen LogP contribution in [0.1, 0.15) is 168 Å². The van der Waals surface area contributed by atoms with Gasteiger partial charge in [0, 0.05) is 12.8 Å². The van der Waals surface area contributed by atoms with Crippen molar-refractivity contribution < 1.29 is 61.6 Å². The van der Waals surface area contributed by atoms with Crippen LogP contribution in [0.25, 0.3) is 0 Å². The van der Waals surface area contributed by atoms with Crippen molar-refractivity contribution in [3.8, 4) is 0 Å². The first-order chi connectivity index (χ1) is 27.4. The molecule has 0 rings (SSSR count). The van der Waals surface area contributed by atoms with E-state index in [1.165, 1.54) is 77.0 Å². The van der Waals surface area contributed by atoms with Crippen molar-refractivity contribution in [2.75, 3.05) is 26.4 Å². The Hall–Kier alpha value is -1.92. The molecule has 0 saturated heterocycles. The number of aliphatic hydroxyl groups is 1. The minimum Gasteiger partial charge on any atom is -0.462 e. The predicted molar refractivity (Wildman–Crippen MR) is 225 cm³/mol. The maximum absolute atomic E-state index is 12.6. The Kier molecular flexibility index (Phi) is 37.0. The molecule has 0 aliphatic carbocycles. The number of esters is 2. The van der Waals surface area contributed by atoms with Crippen molar-refractivity contribution in [3.63, 3.8) is 0 Å². The van der Waals surface area contributed by atoms with E-state index in [1.54, 1.807) is 0 Å². The fraction of sp³-hybridized carbons (Fsp3) is 0.762. The first-order valence-corrected chi connectivity index (χ1v) is 24.4. The van der Waals surface area contributed by atoms with E-state index >= 15 is 0 Å². The number of rotatable bonds is 40. The number of phosphoric ester groups is 2. The Bertz CT molecular complexity index is 1200. The number of carbonyl (C=O) groups excluding carboxylic acids is 2. The minimum atomic E-state index is -4.87. The summed E-state index contributed by atoms with van der Waals surface area (Å²) in [6.07, 6.45) is 38.2. The Morgan fingerprint density at radius 2 is 0.930 bits per heavy atom. The van der Waals surface area contributed by atoms with E-state index in [9.17, 15) is 28.7 Å². The largest absolute Gasteiger partial charge is 0.472 e. The highest BCUT2D eigenvalue weighted by molar-refractivity contribution is 7.47. The standard InChI is InChI=1S/C42H76O13P2/c1-3-5-7-9-11-13-15-17-18-19-20-22-24-26-28-30-32-34-42(45)55-40(38-54-57(49,50)53-36-39(43)35-52-56(46,47)48)37-51-41(44)33-31-29-27-25-23-21-16-14-12-10-8-6-4-2/h11,13,17-18,20,22,26,28,39-40,43H,3-10,12,14-16,19,21,23-25,27,29-38H2,1-2H3,(H,49,50)(H2,46,47,48)/b13-11-,18-17-,22-20-,28-26-/t39-,40+/m0/s1. The molecule has 4 N–H and O–H groups in total. The first kappa shape index (κ1) is 55.1. The number of carbonyl (C=O) groups is 2. The van der Waals surface area contributed by atoms with E-state index in [2.05, 4.69) is 59.4 Å². The fourth-order valence-corrected chi connectivity index (χ4v) is 6.61. The average molecular weight is 851 g/mol. The van der Waals surface area contributed by atoms with Gasteiger partial charge in [0.1, 0.15) is 12.7 Å². The lowest BCUT2D eigenvalue weighted by molar-refractivity contribution is -0.161. The van der Waals surface area contributed by atoms with Gasteiger partial charge in [-0.1, -0.05) is 152 Å². The van der Waals surface area contributed by atoms with Gasteiger partial charge in [0.2, 0.25) is 0 Å². The average Bonchev–Trinajstić information content (AvgIpc) is 3.17. The molecule has 15 heteroatoms. The van der Waals surface area contributed by atoms with E-state index < -0.39 is 66.2 Å². The molecule has 0 aromatic carbocycles. The van der Waals surface area contributed by atoms with Gasteiger partial charge in [0.15, 0.2) is 6.10 Å². The number of ether oxygens (including phenoxy) is 2. The van der Waals surface area contributed by atoms with Gasteiger partial charge in [-0.3, -0.25) is 23.2 Å². The molecule has 0 saturated carbocycles. The van der Waals surface area contributed by atoms with Gasteiger partial charge in [-0.25, -0.2) is 9.13 Å². The summed E-state index contributed by atoms with van der Waals surface area (Å²) in [5.74, 6) is -1.10. The molecule has 13 nitrogen and oxygen atoms in total. The molecule has 0 aliphatic rings. The normalized spacial score (nSPS) is 14.6. The van der Waals surface area contributed by atoms with Crippen LogP contribution in [0.15, 0.2) is 48.6 Å². The van der Waals surface area contributed by atoms with E-state index in [0.717, 1.165) is 44.9 Å². The van der Waals surface area contributed by atoms with Crippen LogP contribution in [0.5, 0.6) is 0 Å². The third-order valence-corrected chi connectivity index (χ3v) is 10.1. The molecule has 0 aliphatic heterocycles. The fourth-order valence-electron chi connectivity index (χ4n) is 5.46. The monoisotopic (exact) mass is 850 g/mol. The van der Waals surface area contributed by atoms with Gasteiger partial charge >= 0.3 is 27.6 Å². The molecule has 332 valence electrons. The Balaban J connectivity index is 4.63. The highest BCUT2D eigenvalue weighted by Gasteiger charge is 2.28. The highest BCUT2D eigenvalue weighted by Crippen LogP contribution is 2.43. The number of unbranched alkanes of at least 4 members (excludes halogenated alkanes) is 16. The predicted octanol–water partition coefficient (Wildman–Crippen LogP) is 10.7. The molecule has 1 unspecified atom stereocenters. The molecule has 57 heavy (non-hydrogen) atoms. The SMILES string of the molecule is CCCCC/C=C\C/C=C\C/C=C\C/C=C\CCCC(=O)O[C@H](COC(=O)CCCCCCCCCCCCCCC)COP(=O)(O)OC[C@@H](O)COP(=O)(O)O. The molecule has 0 heterocycles. The first-order valence-electron chi connectivity index (χ1n) is 21.3. The number of hydrogen-bond acceptors (Lipinski definition) is 10. The molecule has 0 aromatic heterocycles. The lowest BCUT2D eigenvalue weighted by atomic mass is 10.0. The lowest BCUT2D eigenvalue weighted by Gasteiger charge is -2.20. The van der Waals surface area contributed by atoms with E-state index in [4.69, 9.17) is 23.8 Å². The van der Waals surface area contributed by atoms with Crippen LogP contribution < -0.4 is 0 Å². The molecular weight excluding hydrogens is 774 g/mol. The molecule has 0 fully saturated rings. The van der Waals surface area contributed by atoms with Crippen molar-refractivity contribution in [3.05, 3.63) is 48.6 Å². The van der Waals surface area contributed by atoms with Crippen LogP contribution >= 0.6 is 15.6 Å². The lowest BCUT2D eigenvalue weighted by Crippen LogP contribution is -2.29. The van der Waals surface area contributed by atoms with Gasteiger partial charge in [-0.2, -0.15) is 0 Å². The number of phosphoric acid groups is 2. The van der Waals surface area contributed by atoms with Gasteiger partial charge in [-0.15, -0.1) is 0 Å². The summed E-state index contributed by atoms with van der Waals surface area (Å²) in [5, 5.41) is 9.73. The maximum atomic E-state index is 12.6. The zero-order valence-corrected chi connectivity index (χ0v) is 36.7. The Labute approximate surface area is 343 Å². The Morgan fingerprint density at radius 3 is 1.46 bits per heavy atom. The molecule has 3 atom stereocenters. The van der Waals surface area contributed by atoms with Crippen LogP contribution in [-0.4, -0.2) is 70.4 Å². The number of hydrogen-bond donors (Lipinski definition) is 4. The van der Waals surface area contributed by atoms with Crippen LogP contribution in [-0.2, 0) is 41.8 Å². The summed E-state index contributed by atoms with van der Waals surface area (Å²) in [6.45, 7) is 1.67. The van der Waals surface area contributed by atoms with Crippen LogP contribution in [0.2, 0.25) is 0 Å². The zero-order valence-electron chi connectivity index (χ0n) is 34.9. The smallest absolute Gasteiger partial charge is 0.462 e. The minimum absolute atomic E-state index is 0.0560. The number of aliphatic hydroxyl groups excluding tert-OH is 1. The molecular formula is C42H76O13P2. The van der Waals surface area contributed by atoms with Crippen molar-refractivity contribution >= 4 is 27.6 Å². The quantitative estimate of drug-likeness (QED) is 0.0197. The van der Waals surface area contributed by atoms with Crippen LogP contribution in [0.4, 0.5) is 0 Å². The van der Waals surface area contributed by atoms with Crippen molar-refractivity contribution in [1.82, 2.24) is 0 Å². The van der Waals surface area contributed by atoms with Crippen molar-refractivity contribution in [2.45, 2.75) is 180 Å². The summed E-state index contributed by atoms with van der Waals surface area (Å²) < 4.78 is 47.7. The Morgan fingerprint density at radius 1 is 0.509 bits per heavy atom. The second-order valence-corrected chi connectivity index (χ2v) is 17.0. The summed E-state index contributed by atoms with van der Waals surface area (Å²) >= 11 is 0. The topological polar surface area (TPSA) is 195 Å². The summed E-state index contributed by atoms with van der Waals surface area (Å²) in [4.78, 5) is 52.6.